The van der Waals surface area contributed by atoms with Gasteiger partial charge in [0.2, 0.25) is 0 Å². The van der Waals surface area contributed by atoms with E-state index >= 15 is 0 Å². The molecule has 24 heavy (non-hydrogen) atoms. The van der Waals surface area contributed by atoms with Crippen LogP contribution in [0.25, 0.3) is 0 Å². The molecule has 0 spiro atoms. The van der Waals surface area contributed by atoms with E-state index in [1.54, 1.807) is 0 Å². The van der Waals surface area contributed by atoms with Gasteiger partial charge in [-0.3, -0.25) is 4.57 Å². The molecule has 0 atom stereocenters. The third-order valence-corrected chi connectivity index (χ3v) is 4.28. The van der Waals surface area contributed by atoms with Crippen molar-refractivity contribution in [3.8, 4) is 0 Å². The van der Waals surface area contributed by atoms with Gasteiger partial charge in [0.05, 0.1) is 0 Å². The summed E-state index contributed by atoms with van der Waals surface area (Å²) in [4.78, 5) is 10.8. The van der Waals surface area contributed by atoms with E-state index in [1.807, 2.05) is 6.92 Å². The van der Waals surface area contributed by atoms with Crippen molar-refractivity contribution in [1.29, 1.82) is 0 Å². The lowest BCUT2D eigenvalue weighted by atomic mass is 10.0. The maximum Gasteiger partial charge on any atom is 0.319 e. The van der Waals surface area contributed by atoms with Crippen LogP contribution < -0.4 is 10.6 Å². The van der Waals surface area contributed by atoms with Gasteiger partial charge < -0.3 is 15.5 Å². The first-order valence-electron chi connectivity index (χ1n) is 8.60. The van der Waals surface area contributed by atoms with Crippen LogP contribution in [0.2, 0.25) is 0 Å². The van der Waals surface area contributed by atoms with Crippen LogP contribution in [-0.4, -0.2) is 52.1 Å². The Labute approximate surface area is 142 Å². The number of imidazole rings is 1. The predicted molar refractivity (Wildman–Crippen MR) is 91.2 cm³/mol. The third-order valence-electron chi connectivity index (χ3n) is 4.28. The van der Waals surface area contributed by atoms with Crippen molar-refractivity contribution in [3.05, 3.63) is 18.2 Å². The number of alkyl halides is 2. The Hall–Kier alpha value is -1.70. The Morgan fingerprint density at radius 1 is 1.38 bits per heavy atom. The van der Waals surface area contributed by atoms with Crippen LogP contribution in [0.1, 0.15) is 46.0 Å². The molecule has 0 radical (unpaired) electrons. The van der Waals surface area contributed by atoms with Crippen LogP contribution in [0.15, 0.2) is 17.4 Å². The van der Waals surface area contributed by atoms with Crippen LogP contribution in [0.4, 0.5) is 8.78 Å². The highest BCUT2D eigenvalue weighted by atomic mass is 19.3. The van der Waals surface area contributed by atoms with Crippen molar-refractivity contribution in [3.63, 3.8) is 0 Å². The quantitative estimate of drug-likeness (QED) is 0.615. The second-order valence-electron chi connectivity index (χ2n) is 6.27. The van der Waals surface area contributed by atoms with Gasteiger partial charge >= 0.3 is 6.55 Å². The molecule has 0 aromatic carbocycles. The first kappa shape index (κ1) is 18.6. The molecule has 0 bridgehead atoms. The summed E-state index contributed by atoms with van der Waals surface area (Å²) in [7, 11) is 0. The molecule has 1 aliphatic rings. The fourth-order valence-electron chi connectivity index (χ4n) is 2.87. The summed E-state index contributed by atoms with van der Waals surface area (Å²) >= 11 is 0. The van der Waals surface area contributed by atoms with Gasteiger partial charge in [-0.2, -0.15) is 8.78 Å². The van der Waals surface area contributed by atoms with Crippen LogP contribution in [0.3, 0.4) is 0 Å². The number of guanidine groups is 1. The summed E-state index contributed by atoms with van der Waals surface area (Å²) < 4.78 is 26.5. The normalized spacial score (nSPS) is 17.7. The summed E-state index contributed by atoms with van der Waals surface area (Å²) in [6.45, 7) is 6.79. The maximum absolute atomic E-state index is 12.8. The highest BCUT2D eigenvalue weighted by Crippen LogP contribution is 2.14. The number of nitrogens with one attached hydrogen (secondary N) is 2. The maximum atomic E-state index is 12.8. The van der Waals surface area contributed by atoms with Crippen molar-refractivity contribution in [2.45, 2.75) is 58.8 Å². The lowest BCUT2D eigenvalue weighted by molar-refractivity contribution is 0.0671. The molecule has 0 unspecified atom stereocenters. The first-order valence-corrected chi connectivity index (χ1v) is 8.60. The van der Waals surface area contributed by atoms with Crippen LogP contribution in [0, 0.1) is 0 Å². The molecule has 1 aliphatic heterocycles. The smallest absolute Gasteiger partial charge is 0.319 e. The molecule has 2 heterocycles. The predicted octanol–water partition coefficient (Wildman–Crippen LogP) is 2.21. The molecule has 8 heteroatoms. The van der Waals surface area contributed by atoms with Crippen molar-refractivity contribution in [2.75, 3.05) is 19.6 Å². The number of aliphatic imine (C=N–C) groups is 1. The van der Waals surface area contributed by atoms with Gasteiger partial charge in [-0.15, -0.1) is 0 Å². The molecule has 1 aromatic heterocycles. The Morgan fingerprint density at radius 3 is 2.67 bits per heavy atom. The minimum atomic E-state index is -2.59. The molecule has 0 amide bonds. The molecule has 2 N–H and O–H groups in total. The zero-order valence-electron chi connectivity index (χ0n) is 14.7. The van der Waals surface area contributed by atoms with Gasteiger partial charge in [-0.1, -0.05) is 0 Å². The number of aromatic nitrogens is 2. The Bertz CT molecular complexity index is 520. The van der Waals surface area contributed by atoms with Gasteiger partial charge in [0.1, 0.15) is 12.4 Å². The lowest BCUT2D eigenvalue weighted by Crippen LogP contribution is -2.49. The minimum absolute atomic E-state index is 0.123. The average Bonchev–Trinajstić information content (AvgIpc) is 3.02. The number of halogens is 2. The second kappa shape index (κ2) is 8.96. The fourth-order valence-corrected chi connectivity index (χ4v) is 2.87. The number of hydrogen-bond acceptors (Lipinski definition) is 3. The number of likely N-dealkylation sites (tertiary alicyclic amines) is 1. The third kappa shape index (κ3) is 5.15. The molecule has 1 aromatic rings. The molecular weight excluding hydrogens is 314 g/mol. The Morgan fingerprint density at radius 2 is 2.08 bits per heavy atom. The zero-order chi connectivity index (χ0) is 17.5. The molecule has 1 saturated heterocycles. The highest BCUT2D eigenvalue weighted by molar-refractivity contribution is 5.80. The average molecular weight is 342 g/mol. The summed E-state index contributed by atoms with van der Waals surface area (Å²) in [5, 5.41) is 6.59. The molecule has 1 fully saturated rings. The van der Waals surface area contributed by atoms with E-state index in [9.17, 15) is 8.78 Å². The van der Waals surface area contributed by atoms with Crippen LogP contribution >= 0.6 is 0 Å². The minimum Gasteiger partial charge on any atom is -0.357 e. The second-order valence-corrected chi connectivity index (χ2v) is 6.27. The van der Waals surface area contributed by atoms with Gasteiger partial charge in [0, 0.05) is 44.1 Å². The number of nitrogens with zero attached hydrogens (tertiary/aromatic N) is 4. The standard InChI is InChI=1S/C16H28F2N6/c1-4-19-16(21-11-14-20-7-10-24(14)15(17)18)22-13-5-8-23(9-6-13)12(2)3/h7,10,12-13,15H,4-6,8-9,11H2,1-3H3,(H2,19,21,22). The van der Waals surface area contributed by atoms with E-state index in [-0.39, 0.29) is 12.4 Å². The van der Waals surface area contributed by atoms with Gasteiger partial charge in [-0.25, -0.2) is 9.98 Å². The fraction of sp³-hybridized carbons (Fsp3) is 0.750. The number of hydrogen-bond donors (Lipinski definition) is 2. The Kier molecular flexibility index (Phi) is 6.96. The molecular formula is C16H28F2N6. The van der Waals surface area contributed by atoms with Crippen molar-refractivity contribution < 1.29 is 8.78 Å². The monoisotopic (exact) mass is 342 g/mol. The zero-order valence-corrected chi connectivity index (χ0v) is 14.7. The molecule has 136 valence electrons. The van der Waals surface area contributed by atoms with E-state index in [2.05, 4.69) is 39.4 Å². The molecule has 0 aliphatic carbocycles. The lowest BCUT2D eigenvalue weighted by Gasteiger charge is -2.35. The topological polar surface area (TPSA) is 57.5 Å². The summed E-state index contributed by atoms with van der Waals surface area (Å²) in [5.41, 5.74) is 0. The van der Waals surface area contributed by atoms with Crippen LogP contribution in [0.5, 0.6) is 0 Å². The summed E-state index contributed by atoms with van der Waals surface area (Å²) in [6.07, 6.45) is 4.75. The van der Waals surface area contributed by atoms with E-state index in [0.29, 0.717) is 18.0 Å². The van der Waals surface area contributed by atoms with E-state index in [4.69, 9.17) is 0 Å². The summed E-state index contributed by atoms with van der Waals surface area (Å²) in [6, 6.07) is 0.925. The van der Waals surface area contributed by atoms with E-state index < -0.39 is 6.55 Å². The first-order chi connectivity index (χ1) is 11.5. The Balaban J connectivity index is 1.93. The molecule has 2 rings (SSSR count). The largest absolute Gasteiger partial charge is 0.357 e. The van der Waals surface area contributed by atoms with Crippen molar-refractivity contribution >= 4 is 5.96 Å². The van der Waals surface area contributed by atoms with Gasteiger partial charge in [0.15, 0.2) is 5.96 Å². The van der Waals surface area contributed by atoms with Gasteiger partial charge in [-0.05, 0) is 33.6 Å². The van der Waals surface area contributed by atoms with Crippen LogP contribution in [-0.2, 0) is 6.54 Å². The van der Waals surface area contributed by atoms with E-state index in [1.165, 1.54) is 12.4 Å². The summed E-state index contributed by atoms with van der Waals surface area (Å²) in [5.74, 6) is 0.918. The van der Waals surface area contributed by atoms with Gasteiger partial charge in [0.25, 0.3) is 0 Å². The number of piperidine rings is 1. The molecule has 6 nitrogen and oxygen atoms in total. The van der Waals surface area contributed by atoms with E-state index in [0.717, 1.165) is 37.0 Å². The number of rotatable bonds is 6. The highest BCUT2D eigenvalue weighted by Gasteiger charge is 2.21. The molecule has 0 saturated carbocycles. The van der Waals surface area contributed by atoms with Crippen molar-refractivity contribution in [1.82, 2.24) is 25.1 Å². The van der Waals surface area contributed by atoms with Crippen molar-refractivity contribution in [2.24, 2.45) is 4.99 Å². The SMILES string of the molecule is CCNC(=NCc1nccn1C(F)F)NC1CCN(C(C)C)CC1.